The largest absolute Gasteiger partial charge is 0.497 e. The van der Waals surface area contributed by atoms with Crippen LogP contribution in [0.3, 0.4) is 0 Å². The molecule has 0 aromatic heterocycles. The maximum Gasteiger partial charge on any atom is 0.247 e. The van der Waals surface area contributed by atoms with E-state index >= 15 is 0 Å². The Bertz CT molecular complexity index is 1140. The van der Waals surface area contributed by atoms with Crippen molar-refractivity contribution >= 4 is 28.9 Å². The van der Waals surface area contributed by atoms with Gasteiger partial charge in [-0.15, -0.1) is 0 Å². The van der Waals surface area contributed by atoms with Crippen molar-refractivity contribution in [2.45, 2.75) is 18.6 Å². The number of methoxy groups -OCH3 is 1. The van der Waals surface area contributed by atoms with Crippen molar-refractivity contribution in [1.29, 1.82) is 0 Å². The van der Waals surface area contributed by atoms with E-state index in [-0.39, 0.29) is 24.8 Å². The molecule has 33 heavy (non-hydrogen) atoms. The highest BCUT2D eigenvalue weighted by Gasteiger charge is 2.35. The number of halogens is 1. The summed E-state index contributed by atoms with van der Waals surface area (Å²) in [5.41, 5.74) is 2.39. The van der Waals surface area contributed by atoms with Gasteiger partial charge in [-0.3, -0.25) is 9.59 Å². The summed E-state index contributed by atoms with van der Waals surface area (Å²) >= 11 is 0. The van der Waals surface area contributed by atoms with E-state index in [1.165, 1.54) is 24.3 Å². The van der Waals surface area contributed by atoms with Gasteiger partial charge in [-0.05, 0) is 54.1 Å². The fraction of sp³-hybridized carbons (Fsp3) is 0.200. The summed E-state index contributed by atoms with van der Waals surface area (Å²) in [6.45, 7) is 0.0521. The minimum atomic E-state index is -0.989. The van der Waals surface area contributed by atoms with Gasteiger partial charge in [0.25, 0.3) is 0 Å². The van der Waals surface area contributed by atoms with Crippen molar-refractivity contribution in [2.24, 2.45) is 0 Å². The number of benzene rings is 3. The molecule has 0 aliphatic carbocycles. The number of hydrogen-bond donors (Lipinski definition) is 3. The first kappa shape index (κ1) is 22.3. The number of hydrogen-bond acceptors (Lipinski definition) is 5. The minimum Gasteiger partial charge on any atom is -0.497 e. The van der Waals surface area contributed by atoms with Crippen LogP contribution in [0.4, 0.5) is 21.5 Å². The molecule has 7 nitrogen and oxygen atoms in total. The first-order valence-corrected chi connectivity index (χ1v) is 10.5. The maximum absolute atomic E-state index is 13.3. The zero-order chi connectivity index (χ0) is 23.4. The summed E-state index contributed by atoms with van der Waals surface area (Å²) in [5, 5.41) is 16.4. The summed E-state index contributed by atoms with van der Waals surface area (Å²) in [6.07, 6.45) is -1.11. The second kappa shape index (κ2) is 9.70. The number of amides is 2. The number of ether oxygens (including phenoxy) is 1. The van der Waals surface area contributed by atoms with Crippen LogP contribution >= 0.6 is 0 Å². The average Bonchev–Trinajstić information content (AvgIpc) is 2.82. The van der Waals surface area contributed by atoms with Crippen LogP contribution < -0.4 is 20.3 Å². The molecule has 1 aliphatic rings. The van der Waals surface area contributed by atoms with Gasteiger partial charge in [0, 0.05) is 12.2 Å². The second-order valence-corrected chi connectivity index (χ2v) is 7.72. The molecular weight excluding hydrogens is 425 g/mol. The van der Waals surface area contributed by atoms with Crippen molar-refractivity contribution in [3.8, 4) is 5.75 Å². The fourth-order valence-corrected chi connectivity index (χ4v) is 3.82. The van der Waals surface area contributed by atoms with Gasteiger partial charge in [0.1, 0.15) is 17.6 Å². The topological polar surface area (TPSA) is 90.9 Å². The molecular formula is C25H24FN3O4. The molecule has 0 saturated carbocycles. The predicted octanol–water partition coefficient (Wildman–Crippen LogP) is 3.72. The molecule has 3 aromatic rings. The lowest BCUT2D eigenvalue weighted by Crippen LogP contribution is -2.51. The van der Waals surface area contributed by atoms with E-state index in [9.17, 15) is 19.1 Å². The fourth-order valence-electron chi connectivity index (χ4n) is 3.82. The Morgan fingerprint density at radius 1 is 1.12 bits per heavy atom. The third kappa shape index (κ3) is 5.12. The molecule has 3 N–H and O–H groups in total. The standard InChI is InChI=1S/C25H24FN3O4/c1-33-19-12-10-18(11-13-19)27-24(31)14-22-25(32)28-20-4-2-3-5-21(20)29(22)15-23(30)16-6-8-17(26)9-7-16/h2-13,22-23,30H,14-15H2,1H3,(H,27,31)(H,28,32). The summed E-state index contributed by atoms with van der Waals surface area (Å²) in [6, 6.07) is 18.8. The third-order valence-corrected chi connectivity index (χ3v) is 5.53. The molecule has 3 aromatic carbocycles. The van der Waals surface area contributed by atoms with Gasteiger partial charge in [0.2, 0.25) is 11.8 Å². The first-order valence-electron chi connectivity index (χ1n) is 10.5. The zero-order valence-electron chi connectivity index (χ0n) is 18.0. The van der Waals surface area contributed by atoms with Crippen LogP contribution in [0.2, 0.25) is 0 Å². The van der Waals surface area contributed by atoms with E-state index in [1.54, 1.807) is 48.4 Å². The number of carbonyl (C=O) groups is 2. The smallest absolute Gasteiger partial charge is 0.247 e. The van der Waals surface area contributed by atoms with Crippen molar-refractivity contribution in [3.05, 3.63) is 84.2 Å². The number of rotatable bonds is 7. The Morgan fingerprint density at radius 2 is 1.82 bits per heavy atom. The quantitative estimate of drug-likeness (QED) is 0.512. The minimum absolute atomic E-state index is 0.0521. The number of para-hydroxylation sites is 2. The van der Waals surface area contributed by atoms with E-state index < -0.39 is 18.0 Å². The highest BCUT2D eigenvalue weighted by atomic mass is 19.1. The van der Waals surface area contributed by atoms with Gasteiger partial charge in [0.05, 0.1) is 31.0 Å². The van der Waals surface area contributed by atoms with Gasteiger partial charge >= 0.3 is 0 Å². The Morgan fingerprint density at radius 3 is 2.52 bits per heavy atom. The third-order valence-electron chi connectivity index (χ3n) is 5.53. The lowest BCUT2D eigenvalue weighted by atomic mass is 10.0. The molecule has 0 spiro atoms. The zero-order valence-corrected chi connectivity index (χ0v) is 18.0. The maximum atomic E-state index is 13.3. The molecule has 1 aliphatic heterocycles. The normalized spacial score (nSPS) is 15.9. The lowest BCUT2D eigenvalue weighted by Gasteiger charge is -2.39. The van der Waals surface area contributed by atoms with E-state index in [0.717, 1.165) is 0 Å². The molecule has 8 heteroatoms. The lowest BCUT2D eigenvalue weighted by molar-refractivity contribution is -0.122. The van der Waals surface area contributed by atoms with Gasteiger partial charge in [-0.1, -0.05) is 24.3 Å². The number of β-amino-alcohol motifs (C(OH)–C–C–N with tert-alkyl or cyclic N) is 1. The first-order chi connectivity index (χ1) is 15.9. The predicted molar refractivity (Wildman–Crippen MR) is 124 cm³/mol. The number of nitrogens with one attached hydrogen (secondary N) is 2. The number of anilines is 3. The number of aliphatic hydroxyl groups is 1. The second-order valence-electron chi connectivity index (χ2n) is 7.72. The SMILES string of the molecule is COc1ccc(NC(=O)CC2C(=O)Nc3ccccc3N2CC(O)c2ccc(F)cc2)cc1. The highest BCUT2D eigenvalue weighted by molar-refractivity contribution is 6.06. The van der Waals surface area contributed by atoms with Gasteiger partial charge in [-0.2, -0.15) is 0 Å². The number of fused-ring (bicyclic) bond motifs is 1. The highest BCUT2D eigenvalue weighted by Crippen LogP contribution is 2.34. The monoisotopic (exact) mass is 449 g/mol. The van der Waals surface area contributed by atoms with Crippen LogP contribution in [-0.2, 0) is 9.59 Å². The Kier molecular flexibility index (Phi) is 6.55. The van der Waals surface area contributed by atoms with E-state index in [4.69, 9.17) is 4.74 Å². The van der Waals surface area contributed by atoms with Crippen molar-refractivity contribution in [2.75, 3.05) is 29.2 Å². The van der Waals surface area contributed by atoms with Crippen LogP contribution in [0.5, 0.6) is 5.75 Å². The summed E-state index contributed by atoms with van der Waals surface area (Å²) in [7, 11) is 1.56. The van der Waals surface area contributed by atoms with Crippen LogP contribution in [-0.4, -0.2) is 36.6 Å². The van der Waals surface area contributed by atoms with Crippen molar-refractivity contribution < 1.29 is 23.8 Å². The Hall–Kier alpha value is -3.91. The van der Waals surface area contributed by atoms with Gasteiger partial charge in [-0.25, -0.2) is 4.39 Å². The summed E-state index contributed by atoms with van der Waals surface area (Å²) in [4.78, 5) is 27.4. The molecule has 2 atom stereocenters. The Balaban J connectivity index is 1.55. The molecule has 2 unspecified atom stereocenters. The molecule has 4 rings (SSSR count). The number of aliphatic hydroxyl groups excluding tert-OH is 1. The molecule has 2 amide bonds. The molecule has 0 saturated heterocycles. The van der Waals surface area contributed by atoms with Crippen LogP contribution in [0, 0.1) is 5.82 Å². The van der Waals surface area contributed by atoms with Crippen LogP contribution in [0.25, 0.3) is 0 Å². The number of carbonyl (C=O) groups excluding carboxylic acids is 2. The van der Waals surface area contributed by atoms with Crippen LogP contribution in [0.1, 0.15) is 18.1 Å². The average molecular weight is 449 g/mol. The Labute approximate surface area is 190 Å². The molecule has 170 valence electrons. The molecule has 0 bridgehead atoms. The van der Waals surface area contributed by atoms with Gasteiger partial charge < -0.3 is 25.4 Å². The van der Waals surface area contributed by atoms with E-state index in [2.05, 4.69) is 10.6 Å². The van der Waals surface area contributed by atoms with E-state index in [1.807, 2.05) is 12.1 Å². The molecule has 0 radical (unpaired) electrons. The summed E-state index contributed by atoms with van der Waals surface area (Å²) in [5.74, 6) is -0.426. The van der Waals surface area contributed by atoms with Crippen LogP contribution in [0.15, 0.2) is 72.8 Å². The van der Waals surface area contributed by atoms with E-state index in [0.29, 0.717) is 28.4 Å². The van der Waals surface area contributed by atoms with Crippen molar-refractivity contribution in [3.63, 3.8) is 0 Å². The van der Waals surface area contributed by atoms with Crippen molar-refractivity contribution in [1.82, 2.24) is 0 Å². The number of nitrogens with zero attached hydrogens (tertiary/aromatic N) is 1. The molecule has 0 fully saturated rings. The molecule has 1 heterocycles. The summed E-state index contributed by atoms with van der Waals surface area (Å²) < 4.78 is 18.4. The van der Waals surface area contributed by atoms with Gasteiger partial charge in [0.15, 0.2) is 0 Å².